The third kappa shape index (κ3) is 4.11. The molecular weight excluding hydrogens is 475 g/mol. The average Bonchev–Trinajstić information content (AvgIpc) is 3.25. The lowest BCUT2D eigenvalue weighted by molar-refractivity contribution is -0.0859. The lowest BCUT2D eigenvalue weighted by Crippen LogP contribution is -2.50. The van der Waals surface area contributed by atoms with Gasteiger partial charge in [-0.25, -0.2) is 28.1 Å². The molecule has 188 valence electrons. The minimum absolute atomic E-state index is 0.000544. The molecule has 9 nitrogen and oxygen atoms in total. The van der Waals surface area contributed by atoms with Gasteiger partial charge < -0.3 is 9.64 Å². The molecule has 1 saturated heterocycles. The van der Waals surface area contributed by atoms with Crippen LogP contribution in [0.3, 0.4) is 0 Å². The lowest BCUT2D eigenvalue weighted by Gasteiger charge is -2.42. The third-order valence-electron chi connectivity index (χ3n) is 6.20. The maximum Gasteiger partial charge on any atom is 0.279 e. The van der Waals surface area contributed by atoms with Gasteiger partial charge in [-0.05, 0) is 26.8 Å². The second-order valence-electron chi connectivity index (χ2n) is 9.53. The molecule has 1 aliphatic heterocycles. The van der Waals surface area contributed by atoms with Crippen molar-refractivity contribution in [2.45, 2.75) is 32.5 Å². The molecule has 0 N–H and O–H groups in total. The van der Waals surface area contributed by atoms with Gasteiger partial charge in [-0.15, -0.1) is 0 Å². The van der Waals surface area contributed by atoms with Crippen LogP contribution in [0, 0.1) is 24.4 Å². The van der Waals surface area contributed by atoms with Gasteiger partial charge in [0, 0.05) is 44.0 Å². The number of nitrogens with zero attached hydrogens (tertiary/aromatic N) is 7. The van der Waals surface area contributed by atoms with Gasteiger partial charge in [0.15, 0.2) is 17.2 Å². The number of aromatic nitrogens is 6. The molecule has 3 aromatic heterocycles. The van der Waals surface area contributed by atoms with Crippen molar-refractivity contribution in [3.8, 4) is 11.3 Å². The monoisotopic (exact) mass is 499 g/mol. The van der Waals surface area contributed by atoms with E-state index in [1.54, 1.807) is 31.9 Å². The first kappa shape index (κ1) is 23.9. The number of hydrogen-bond donors (Lipinski definition) is 0. The zero-order valence-corrected chi connectivity index (χ0v) is 20.4. The molecule has 36 heavy (non-hydrogen) atoms. The first-order chi connectivity index (χ1) is 16.9. The van der Waals surface area contributed by atoms with Gasteiger partial charge in [-0.3, -0.25) is 14.0 Å². The first-order valence-corrected chi connectivity index (χ1v) is 11.2. The Hall–Kier alpha value is -3.80. The fraction of sp³-hybridized carbons (Fsp3) is 0.375. The van der Waals surface area contributed by atoms with E-state index in [1.165, 1.54) is 4.57 Å². The van der Waals surface area contributed by atoms with Gasteiger partial charge in [0.25, 0.3) is 5.56 Å². The Bertz CT molecular complexity index is 1560. The Morgan fingerprint density at radius 3 is 2.44 bits per heavy atom. The van der Waals surface area contributed by atoms with Crippen molar-refractivity contribution < 1.29 is 17.9 Å². The molecule has 4 heterocycles. The van der Waals surface area contributed by atoms with E-state index in [-0.39, 0.29) is 34.3 Å². The summed E-state index contributed by atoms with van der Waals surface area (Å²) >= 11 is 0. The summed E-state index contributed by atoms with van der Waals surface area (Å²) in [5.74, 6) is -3.16. The highest BCUT2D eigenvalue weighted by Gasteiger charge is 2.36. The predicted molar refractivity (Wildman–Crippen MR) is 126 cm³/mol. The Balaban J connectivity index is 1.73. The number of hydrogen-bond acceptors (Lipinski definition) is 7. The van der Waals surface area contributed by atoms with E-state index in [1.807, 2.05) is 24.9 Å². The summed E-state index contributed by atoms with van der Waals surface area (Å²) in [7, 11) is 3.34. The highest BCUT2D eigenvalue weighted by atomic mass is 19.2. The molecule has 1 aliphatic rings. The molecule has 1 atom stereocenters. The summed E-state index contributed by atoms with van der Waals surface area (Å²) in [5.41, 5.74) is -0.748. The van der Waals surface area contributed by atoms with E-state index in [0.29, 0.717) is 31.0 Å². The number of halogens is 3. The number of morpholine rings is 1. The third-order valence-corrected chi connectivity index (χ3v) is 6.20. The molecule has 12 heteroatoms. The molecular formula is C24H24F3N7O2. The zero-order chi connectivity index (χ0) is 25.9. The SMILES string of the molecule is Cc1nc2c(-c3cc(F)c(F)cc3F)nc(N3C[C@@H](c4cnn(C)c4)OC(C)(C)C3)nc2c(=O)n1C. The number of ether oxygens (including phenoxy) is 1. The van der Waals surface area contributed by atoms with E-state index in [4.69, 9.17) is 4.74 Å². The number of rotatable bonds is 3. The standard InChI is InChI=1S/C24H24F3N7O2/c1-12-29-20-19(14-6-16(26)17(27)7-15(14)25)30-23(31-21(20)22(35)33(12)5)34-10-18(36-24(2,3)11-34)13-8-28-32(4)9-13/h6-9,18H,10-11H2,1-5H3/t18-/m0/s1. The quantitative estimate of drug-likeness (QED) is 0.400. The van der Waals surface area contributed by atoms with Gasteiger partial charge in [0.05, 0.1) is 18.3 Å². The Kier molecular flexibility index (Phi) is 5.58. The van der Waals surface area contributed by atoms with Gasteiger partial charge >= 0.3 is 0 Å². The van der Waals surface area contributed by atoms with Crippen LogP contribution in [-0.4, -0.2) is 48.0 Å². The molecule has 1 aromatic carbocycles. The van der Waals surface area contributed by atoms with E-state index >= 15 is 0 Å². The van der Waals surface area contributed by atoms with Crippen LogP contribution in [0.25, 0.3) is 22.3 Å². The molecule has 0 bridgehead atoms. The maximum atomic E-state index is 14.9. The molecule has 0 radical (unpaired) electrons. The summed E-state index contributed by atoms with van der Waals surface area (Å²) in [6.45, 7) is 6.09. The van der Waals surface area contributed by atoms with Gasteiger partial charge in [0.1, 0.15) is 29.0 Å². The Morgan fingerprint density at radius 2 is 1.75 bits per heavy atom. The molecule has 4 aromatic rings. The van der Waals surface area contributed by atoms with Crippen LogP contribution >= 0.6 is 0 Å². The van der Waals surface area contributed by atoms with Crippen molar-refractivity contribution in [3.63, 3.8) is 0 Å². The summed E-state index contributed by atoms with van der Waals surface area (Å²) in [6, 6.07) is 1.16. The lowest BCUT2D eigenvalue weighted by atomic mass is 10.0. The molecule has 0 saturated carbocycles. The Labute approximate surface area is 204 Å². The van der Waals surface area contributed by atoms with Crippen molar-refractivity contribution in [2.75, 3.05) is 18.0 Å². The number of fused-ring (bicyclic) bond motifs is 1. The van der Waals surface area contributed by atoms with Crippen LogP contribution in [0.1, 0.15) is 31.3 Å². The second-order valence-corrected chi connectivity index (χ2v) is 9.53. The zero-order valence-electron chi connectivity index (χ0n) is 20.4. The largest absolute Gasteiger partial charge is 0.364 e. The van der Waals surface area contributed by atoms with Crippen molar-refractivity contribution in [2.24, 2.45) is 14.1 Å². The number of aryl methyl sites for hydroxylation is 2. The molecule has 0 spiro atoms. The maximum absolute atomic E-state index is 14.9. The summed E-state index contributed by atoms with van der Waals surface area (Å²) < 4.78 is 52.0. The fourth-order valence-corrected chi connectivity index (χ4v) is 4.39. The minimum Gasteiger partial charge on any atom is -0.364 e. The summed E-state index contributed by atoms with van der Waals surface area (Å²) in [4.78, 5) is 28.4. The van der Waals surface area contributed by atoms with Gasteiger partial charge in [-0.1, -0.05) is 0 Å². The Morgan fingerprint density at radius 1 is 1.03 bits per heavy atom. The topological polar surface area (TPSA) is 91.0 Å². The van der Waals surface area contributed by atoms with E-state index in [9.17, 15) is 18.0 Å². The molecule has 0 amide bonds. The highest BCUT2D eigenvalue weighted by molar-refractivity contribution is 5.89. The van der Waals surface area contributed by atoms with Crippen LogP contribution < -0.4 is 10.5 Å². The fourth-order valence-electron chi connectivity index (χ4n) is 4.39. The smallest absolute Gasteiger partial charge is 0.279 e. The molecule has 5 rings (SSSR count). The van der Waals surface area contributed by atoms with Crippen LogP contribution in [0.2, 0.25) is 0 Å². The van der Waals surface area contributed by atoms with Gasteiger partial charge in [-0.2, -0.15) is 5.10 Å². The second kappa shape index (κ2) is 8.40. The van der Waals surface area contributed by atoms with E-state index in [2.05, 4.69) is 20.1 Å². The van der Waals surface area contributed by atoms with Crippen molar-refractivity contribution in [1.29, 1.82) is 0 Å². The summed E-state index contributed by atoms with van der Waals surface area (Å²) in [5, 5.41) is 4.21. The van der Waals surface area contributed by atoms with Crippen LogP contribution in [-0.2, 0) is 18.8 Å². The molecule has 0 unspecified atom stereocenters. The van der Waals surface area contributed by atoms with Crippen LogP contribution in [0.15, 0.2) is 29.3 Å². The van der Waals surface area contributed by atoms with Crippen LogP contribution in [0.4, 0.5) is 19.1 Å². The predicted octanol–water partition coefficient (Wildman–Crippen LogP) is 3.21. The highest BCUT2D eigenvalue weighted by Crippen LogP contribution is 2.35. The molecule has 0 aliphatic carbocycles. The summed E-state index contributed by atoms with van der Waals surface area (Å²) in [6.07, 6.45) is 3.16. The first-order valence-electron chi connectivity index (χ1n) is 11.2. The van der Waals surface area contributed by atoms with Crippen LogP contribution in [0.5, 0.6) is 0 Å². The molecule has 1 fully saturated rings. The van der Waals surface area contributed by atoms with Gasteiger partial charge in [0.2, 0.25) is 5.95 Å². The normalized spacial score (nSPS) is 17.7. The van der Waals surface area contributed by atoms with Crippen molar-refractivity contribution in [1.82, 2.24) is 29.3 Å². The van der Waals surface area contributed by atoms with Crippen molar-refractivity contribution in [3.05, 3.63) is 63.7 Å². The van der Waals surface area contributed by atoms with Crippen molar-refractivity contribution >= 4 is 17.0 Å². The number of anilines is 1. The number of benzene rings is 1. The minimum atomic E-state index is -1.33. The average molecular weight is 499 g/mol. The van der Waals surface area contributed by atoms with E-state index < -0.39 is 28.6 Å². The van der Waals surface area contributed by atoms with E-state index in [0.717, 1.165) is 5.56 Å².